The summed E-state index contributed by atoms with van der Waals surface area (Å²) >= 11 is 0. The highest BCUT2D eigenvalue weighted by atomic mass is 19.1. The van der Waals surface area contributed by atoms with Crippen molar-refractivity contribution < 1.29 is 33.5 Å². The van der Waals surface area contributed by atoms with Gasteiger partial charge >= 0.3 is 0 Å². The van der Waals surface area contributed by atoms with Crippen LogP contribution in [0.1, 0.15) is 46.5 Å². The van der Waals surface area contributed by atoms with E-state index in [0.717, 1.165) is 19.3 Å². The molecule has 1 aliphatic carbocycles. The Morgan fingerprint density at radius 1 is 1.19 bits per heavy atom. The van der Waals surface area contributed by atoms with Crippen LogP contribution in [0.2, 0.25) is 0 Å². The van der Waals surface area contributed by atoms with Crippen LogP contribution in [0, 0.1) is 23.7 Å². The Hall–Kier alpha value is -0.730. The molecule has 0 unspecified atom stereocenters. The van der Waals surface area contributed by atoms with Gasteiger partial charge in [-0.15, -0.1) is 0 Å². The highest BCUT2D eigenvalue weighted by molar-refractivity contribution is 5.11. The fraction of sp³-hybridized carbons (Fsp3) is 0.895. The number of hydrogen-bond acceptors (Lipinski definition) is 6. The maximum Gasteiger partial charge on any atom is 0.203 e. The van der Waals surface area contributed by atoms with E-state index in [0.29, 0.717) is 12.3 Å². The molecule has 0 radical (unpaired) electrons. The minimum absolute atomic E-state index is 0.0344. The third kappa shape index (κ3) is 2.48. The van der Waals surface area contributed by atoms with Gasteiger partial charge in [-0.3, -0.25) is 0 Å². The molecule has 0 aromatic rings. The van der Waals surface area contributed by atoms with Crippen LogP contribution >= 0.6 is 0 Å². The van der Waals surface area contributed by atoms with E-state index in [4.69, 9.17) is 24.0 Å². The first kappa shape index (κ1) is 18.6. The van der Waals surface area contributed by atoms with Crippen molar-refractivity contribution in [3.63, 3.8) is 0 Å². The summed E-state index contributed by atoms with van der Waals surface area (Å²) in [5, 5.41) is 9.44. The largest absolute Gasteiger partial charge is 0.510 e. The first-order valence-corrected chi connectivity index (χ1v) is 9.55. The number of alkyl halides is 1. The van der Waals surface area contributed by atoms with E-state index in [1.807, 2.05) is 13.8 Å². The molecule has 0 aromatic carbocycles. The van der Waals surface area contributed by atoms with Crippen molar-refractivity contribution in [3.05, 3.63) is 12.3 Å². The molecule has 0 aromatic heterocycles. The zero-order valence-corrected chi connectivity index (χ0v) is 15.7. The second kappa shape index (κ2) is 6.14. The second-order valence-corrected chi connectivity index (χ2v) is 8.62. The summed E-state index contributed by atoms with van der Waals surface area (Å²) < 4.78 is 32.3. The van der Waals surface area contributed by atoms with Gasteiger partial charge in [-0.05, 0) is 38.0 Å². The van der Waals surface area contributed by atoms with Crippen molar-refractivity contribution >= 4 is 0 Å². The lowest BCUT2D eigenvalue weighted by atomic mass is 9.57. The van der Waals surface area contributed by atoms with Crippen LogP contribution in [0.5, 0.6) is 0 Å². The highest BCUT2D eigenvalue weighted by Gasteiger charge is 2.72. The third-order valence-corrected chi connectivity index (χ3v) is 7.05. The quantitative estimate of drug-likeness (QED) is 0.601. The van der Waals surface area contributed by atoms with Crippen LogP contribution in [0.15, 0.2) is 12.3 Å². The average Bonchev–Trinajstić information content (AvgIpc) is 2.83. The Morgan fingerprint density at radius 3 is 2.65 bits per heavy atom. The molecule has 0 amide bonds. The van der Waals surface area contributed by atoms with E-state index < -0.39 is 30.1 Å². The lowest BCUT2D eigenvalue weighted by Gasteiger charge is -2.62. The second-order valence-electron chi connectivity index (χ2n) is 8.62. The number of rotatable bonds is 4. The fourth-order valence-electron chi connectivity index (χ4n) is 5.54. The topological polar surface area (TPSA) is 66.4 Å². The first-order chi connectivity index (χ1) is 12.3. The van der Waals surface area contributed by atoms with Gasteiger partial charge < -0.3 is 19.3 Å². The van der Waals surface area contributed by atoms with Crippen LogP contribution in [-0.4, -0.2) is 41.9 Å². The number of ether oxygens (including phenoxy) is 3. The van der Waals surface area contributed by atoms with Crippen molar-refractivity contribution in [1.82, 2.24) is 0 Å². The first-order valence-electron chi connectivity index (χ1n) is 9.55. The Kier molecular flexibility index (Phi) is 4.40. The molecule has 4 heterocycles. The molecule has 5 rings (SSSR count). The molecule has 1 spiro atoms. The van der Waals surface area contributed by atoms with Crippen LogP contribution in [-0.2, 0) is 24.0 Å². The lowest BCUT2D eigenvalue weighted by molar-refractivity contribution is -0.587. The number of aliphatic hydroxyl groups is 1. The van der Waals surface area contributed by atoms with Gasteiger partial charge in [0.2, 0.25) is 11.6 Å². The molecule has 4 saturated heterocycles. The molecule has 1 saturated carbocycles. The molecule has 148 valence electrons. The van der Waals surface area contributed by atoms with Crippen molar-refractivity contribution in [2.45, 2.75) is 69.9 Å². The molecule has 5 fully saturated rings. The Balaban J connectivity index is 1.75. The van der Waals surface area contributed by atoms with Crippen LogP contribution < -0.4 is 0 Å². The fourth-order valence-corrected chi connectivity index (χ4v) is 5.54. The highest BCUT2D eigenvalue weighted by Crippen LogP contribution is 2.62. The maximum absolute atomic E-state index is 14.2. The molecular weight excluding hydrogens is 343 g/mol. The summed E-state index contributed by atoms with van der Waals surface area (Å²) in [6.07, 6.45) is 2.72. The minimum Gasteiger partial charge on any atom is -0.510 e. The van der Waals surface area contributed by atoms with E-state index in [-0.39, 0.29) is 30.1 Å². The van der Waals surface area contributed by atoms with Gasteiger partial charge in [0.1, 0.15) is 19.0 Å². The van der Waals surface area contributed by atoms with E-state index in [1.165, 1.54) is 0 Å². The Bertz CT molecular complexity index is 586. The Labute approximate surface area is 153 Å². The average molecular weight is 372 g/mol. The molecule has 5 aliphatic rings. The van der Waals surface area contributed by atoms with Gasteiger partial charge in [0.05, 0.1) is 0 Å². The standard InChI is InChI=1S/C19H29FO6/c1-11-5-6-15-13(3)18(10-20,22-9-12(2)21)24-16-19(15)14(11)7-8-17(4,23-16)25-26-19/h11,13-16,21H,2,5-10H2,1,3-4H3/t11-,13-,14+,15+,16+,17+,18+,19-/m1/s1. The molecule has 1 N–H and O–H groups in total. The predicted octanol–water partition coefficient (Wildman–Crippen LogP) is 3.62. The molecule has 26 heavy (non-hydrogen) atoms. The van der Waals surface area contributed by atoms with Crippen molar-refractivity contribution in [3.8, 4) is 0 Å². The van der Waals surface area contributed by atoms with Crippen molar-refractivity contribution in [2.24, 2.45) is 23.7 Å². The van der Waals surface area contributed by atoms with Gasteiger partial charge in [-0.25, -0.2) is 14.2 Å². The van der Waals surface area contributed by atoms with Gasteiger partial charge in [0.25, 0.3) is 0 Å². The van der Waals surface area contributed by atoms with E-state index in [1.54, 1.807) is 0 Å². The van der Waals surface area contributed by atoms with Gasteiger partial charge in [-0.1, -0.05) is 20.4 Å². The normalized spacial score (nSPS) is 53.0. The van der Waals surface area contributed by atoms with E-state index in [2.05, 4.69) is 13.5 Å². The molecular formula is C19H29FO6. The summed E-state index contributed by atoms with van der Waals surface area (Å²) in [7, 11) is 0. The monoisotopic (exact) mass is 372 g/mol. The molecule has 8 atom stereocenters. The lowest BCUT2D eigenvalue weighted by Crippen LogP contribution is -2.73. The zero-order chi connectivity index (χ0) is 18.7. The maximum atomic E-state index is 14.2. The number of halogens is 1. The van der Waals surface area contributed by atoms with Crippen LogP contribution in [0.25, 0.3) is 0 Å². The summed E-state index contributed by atoms with van der Waals surface area (Å²) in [4.78, 5) is 11.8. The summed E-state index contributed by atoms with van der Waals surface area (Å²) in [6, 6.07) is 0. The van der Waals surface area contributed by atoms with Crippen molar-refractivity contribution in [2.75, 3.05) is 13.3 Å². The zero-order valence-electron chi connectivity index (χ0n) is 15.7. The van der Waals surface area contributed by atoms with E-state index >= 15 is 0 Å². The molecule has 4 aliphatic heterocycles. The summed E-state index contributed by atoms with van der Waals surface area (Å²) in [5.41, 5.74) is -0.759. The van der Waals surface area contributed by atoms with E-state index in [9.17, 15) is 9.50 Å². The number of hydrogen-bond donors (Lipinski definition) is 1. The summed E-state index contributed by atoms with van der Waals surface area (Å²) in [5.74, 6) is -2.27. The Morgan fingerprint density at radius 2 is 1.96 bits per heavy atom. The predicted molar refractivity (Wildman–Crippen MR) is 89.5 cm³/mol. The van der Waals surface area contributed by atoms with Gasteiger partial charge in [0.15, 0.2) is 11.9 Å². The van der Waals surface area contributed by atoms with Gasteiger partial charge in [-0.2, -0.15) is 0 Å². The SMILES string of the molecule is C=C(O)CO[C@@]1(CF)O[C@@H]2O[C@]3(C)CC[C@H]4[C@H](C)CC[C@@H]([C@H]1C)[C@@]24OO3. The smallest absolute Gasteiger partial charge is 0.203 e. The third-order valence-electron chi connectivity index (χ3n) is 7.05. The number of aliphatic hydroxyl groups excluding tert-OH is 1. The van der Waals surface area contributed by atoms with Gasteiger partial charge in [0, 0.05) is 18.3 Å². The van der Waals surface area contributed by atoms with Crippen LogP contribution in [0.3, 0.4) is 0 Å². The minimum atomic E-state index is -1.50. The summed E-state index contributed by atoms with van der Waals surface area (Å²) in [6.45, 7) is 8.37. The molecule has 6 nitrogen and oxygen atoms in total. The molecule has 7 heteroatoms. The van der Waals surface area contributed by atoms with Crippen LogP contribution in [0.4, 0.5) is 4.39 Å². The number of fused-ring (bicyclic) bond motifs is 2. The molecule has 2 bridgehead atoms. The van der Waals surface area contributed by atoms with Crippen molar-refractivity contribution in [1.29, 1.82) is 0 Å².